The number of aromatic amines is 1. The van der Waals surface area contributed by atoms with E-state index >= 15 is 0 Å². The predicted octanol–water partition coefficient (Wildman–Crippen LogP) is 6.00. The summed E-state index contributed by atoms with van der Waals surface area (Å²) in [7, 11) is 1.50. The Morgan fingerprint density at radius 1 is 1.18 bits per heavy atom. The number of nitrogens with zero attached hydrogens (tertiary/aromatic N) is 1. The molecular weight excluding hydrogens is 475 g/mol. The van der Waals surface area contributed by atoms with Crippen molar-refractivity contribution in [3.8, 4) is 0 Å². The van der Waals surface area contributed by atoms with E-state index in [2.05, 4.69) is 47.1 Å². The van der Waals surface area contributed by atoms with Crippen molar-refractivity contribution in [3.05, 3.63) is 57.3 Å². The van der Waals surface area contributed by atoms with Gasteiger partial charge in [0.1, 0.15) is 11.5 Å². The van der Waals surface area contributed by atoms with Crippen molar-refractivity contribution in [2.45, 2.75) is 51.7 Å². The Labute approximate surface area is 210 Å². The fraction of sp³-hybridized carbons (Fsp3) is 0.458. The van der Waals surface area contributed by atoms with Crippen molar-refractivity contribution >= 4 is 45.7 Å². The second-order valence-corrected chi connectivity index (χ2v) is 11.3. The molecule has 0 saturated heterocycles. The second kappa shape index (κ2) is 14.2. The van der Waals surface area contributed by atoms with Crippen LogP contribution in [0.4, 0.5) is 4.39 Å². The molecule has 1 heterocycles. The van der Waals surface area contributed by atoms with E-state index < -0.39 is 5.72 Å². The lowest BCUT2D eigenvalue weighted by Gasteiger charge is -2.26. The lowest BCUT2D eigenvalue weighted by Crippen LogP contribution is -2.39. The largest absolute Gasteiger partial charge is 0.376 e. The molecule has 0 radical (unpaired) electrons. The molecule has 0 aliphatic carbocycles. The zero-order valence-electron chi connectivity index (χ0n) is 20.3. The van der Waals surface area contributed by atoms with Crippen molar-refractivity contribution in [2.24, 2.45) is 17.4 Å². The Morgan fingerprint density at radius 2 is 1.79 bits per heavy atom. The summed E-state index contributed by atoms with van der Waals surface area (Å²) in [6.45, 7) is 11.5. The van der Waals surface area contributed by atoms with Gasteiger partial charge in [0, 0.05) is 24.4 Å². The van der Waals surface area contributed by atoms with E-state index in [1.165, 1.54) is 28.8 Å². The van der Waals surface area contributed by atoms with Gasteiger partial charge in [-0.2, -0.15) is 0 Å². The molecule has 9 heteroatoms. The van der Waals surface area contributed by atoms with E-state index in [4.69, 9.17) is 18.0 Å². The van der Waals surface area contributed by atoms with Gasteiger partial charge in [-0.1, -0.05) is 19.9 Å². The smallest absolute Gasteiger partial charge is 0.159 e. The number of rotatable bonds is 7. The number of hydrogen-bond donors (Lipinski definition) is 4. The summed E-state index contributed by atoms with van der Waals surface area (Å²) in [5.41, 5.74) is 12.1. The van der Waals surface area contributed by atoms with Crippen molar-refractivity contribution in [1.82, 2.24) is 9.29 Å². The van der Waals surface area contributed by atoms with Gasteiger partial charge in [0.15, 0.2) is 3.95 Å². The highest BCUT2D eigenvalue weighted by atomic mass is 32.2. The molecule has 6 N–H and O–H groups in total. The molecule has 0 amide bonds. The minimum absolute atomic E-state index is 0.146. The molecule has 3 aromatic rings. The normalized spacial score (nSPS) is 12.7. The monoisotopic (exact) mass is 512 g/mol. The summed E-state index contributed by atoms with van der Waals surface area (Å²) in [5.74, 6) is 0.403. The quantitative estimate of drug-likeness (QED) is 0.176. The number of H-pyrrole nitrogens is 1. The first-order valence-corrected chi connectivity index (χ1v) is 12.8. The Bertz CT molecular complexity index is 994. The average molecular weight is 513 g/mol. The molecule has 1 unspecified atom stereocenters. The fourth-order valence-corrected chi connectivity index (χ4v) is 5.37. The molecule has 0 bridgehead atoms. The van der Waals surface area contributed by atoms with Crippen LogP contribution in [0.1, 0.15) is 38.3 Å². The Balaban J connectivity index is 0.000000412. The van der Waals surface area contributed by atoms with Crippen LogP contribution in [0.15, 0.2) is 41.3 Å². The zero-order chi connectivity index (χ0) is 25.2. The third kappa shape index (κ3) is 12.1. The van der Waals surface area contributed by atoms with Crippen LogP contribution in [0, 0.1) is 29.5 Å². The Kier molecular flexibility index (Phi) is 12.7. The maximum Gasteiger partial charge on any atom is 0.159 e. The molecule has 1 atom stereocenters. The first-order chi connectivity index (χ1) is 15.4. The molecule has 3 rings (SSSR count). The first-order valence-electron chi connectivity index (χ1n) is 10.8. The number of aromatic nitrogens is 1. The van der Waals surface area contributed by atoms with Crippen LogP contribution in [-0.2, 0) is 0 Å². The molecule has 0 fully saturated rings. The number of benzene rings is 2. The van der Waals surface area contributed by atoms with Gasteiger partial charge >= 0.3 is 0 Å². The van der Waals surface area contributed by atoms with E-state index in [0.29, 0.717) is 12.3 Å². The summed E-state index contributed by atoms with van der Waals surface area (Å²) >= 11 is 8.49. The fourth-order valence-electron chi connectivity index (χ4n) is 2.98. The number of hydrogen-bond acceptors (Lipinski definition) is 7. The summed E-state index contributed by atoms with van der Waals surface area (Å²) in [6.07, 6.45) is 0.540. The van der Waals surface area contributed by atoms with Gasteiger partial charge in [-0.15, -0.1) is 11.3 Å². The van der Waals surface area contributed by atoms with Gasteiger partial charge in [0.25, 0.3) is 0 Å². The predicted molar refractivity (Wildman–Crippen MR) is 145 cm³/mol. The molecular formula is C24H37FN4OS3. The van der Waals surface area contributed by atoms with Crippen LogP contribution >= 0.6 is 35.5 Å². The highest BCUT2D eigenvalue weighted by molar-refractivity contribution is 7.97. The molecule has 0 saturated carbocycles. The number of thiazole rings is 1. The van der Waals surface area contributed by atoms with Crippen molar-refractivity contribution in [3.63, 3.8) is 0 Å². The Morgan fingerprint density at radius 3 is 2.30 bits per heavy atom. The summed E-state index contributed by atoms with van der Waals surface area (Å²) < 4.78 is 16.7. The lowest BCUT2D eigenvalue weighted by molar-refractivity contribution is 0.0529. The van der Waals surface area contributed by atoms with E-state index in [1.54, 1.807) is 30.2 Å². The van der Waals surface area contributed by atoms with Gasteiger partial charge in [0.05, 0.1) is 10.2 Å². The number of aryl methyl sites for hydroxylation is 2. The van der Waals surface area contributed by atoms with Crippen LogP contribution in [0.3, 0.4) is 0 Å². The standard InChI is InChI=1S/C15H23N3OS3.C8H9F.CH5N/c1-10(2)9-18(7-6-15(3,16)19)22-11-4-5-12-13(8-11)21-14(20)17-12;1-6-3-7(2)5-8(9)4-6;1-2/h4-5,8,10,19H,6-7,9,16H2,1-3H3,(H,17,20);3-5H,1-2H3;2H2,1H3. The minimum atomic E-state index is -1.13. The number of halogens is 1. The third-order valence-corrected chi connectivity index (χ3v) is 6.50. The highest BCUT2D eigenvalue weighted by Gasteiger charge is 2.17. The van der Waals surface area contributed by atoms with E-state index in [0.717, 1.165) is 33.7 Å². The van der Waals surface area contributed by atoms with Gasteiger partial charge < -0.3 is 21.6 Å². The number of nitrogens with one attached hydrogen (secondary N) is 1. The van der Waals surface area contributed by atoms with Crippen LogP contribution < -0.4 is 11.5 Å². The number of fused-ring (bicyclic) bond motifs is 1. The molecule has 33 heavy (non-hydrogen) atoms. The molecule has 1 aromatic heterocycles. The highest BCUT2D eigenvalue weighted by Crippen LogP contribution is 2.29. The van der Waals surface area contributed by atoms with Gasteiger partial charge in [0.2, 0.25) is 0 Å². The van der Waals surface area contributed by atoms with Crippen LogP contribution in [0.2, 0.25) is 0 Å². The maximum absolute atomic E-state index is 12.4. The molecule has 184 valence electrons. The van der Waals surface area contributed by atoms with E-state index in [-0.39, 0.29) is 5.82 Å². The first kappa shape index (κ1) is 29.7. The zero-order valence-corrected chi connectivity index (χ0v) is 22.8. The maximum atomic E-state index is 12.4. The Hall–Kier alpha value is -1.33. The number of nitrogens with two attached hydrogens (primary N) is 2. The molecule has 2 aromatic carbocycles. The SMILES string of the molecule is CC(C)CN(CCC(C)(N)O)Sc1ccc2[nH]c(=S)sc2c1.CN.Cc1cc(C)cc(F)c1. The summed E-state index contributed by atoms with van der Waals surface area (Å²) in [4.78, 5) is 4.35. The van der Waals surface area contributed by atoms with Crippen LogP contribution in [0.5, 0.6) is 0 Å². The second-order valence-electron chi connectivity index (χ2n) is 8.46. The average Bonchev–Trinajstić information content (AvgIpc) is 3.05. The molecule has 0 spiro atoms. The summed E-state index contributed by atoms with van der Waals surface area (Å²) in [5, 5.41) is 9.74. The van der Waals surface area contributed by atoms with Crippen molar-refractivity contribution in [1.29, 1.82) is 0 Å². The van der Waals surface area contributed by atoms with Crippen LogP contribution in [-0.4, -0.2) is 40.3 Å². The lowest BCUT2D eigenvalue weighted by atomic mass is 10.2. The van der Waals surface area contributed by atoms with E-state index in [1.807, 2.05) is 19.9 Å². The van der Waals surface area contributed by atoms with Gasteiger partial charge in [-0.05, 0) is 99.4 Å². The molecule has 5 nitrogen and oxygen atoms in total. The molecule has 0 aliphatic rings. The summed E-state index contributed by atoms with van der Waals surface area (Å²) in [6, 6.07) is 11.3. The minimum Gasteiger partial charge on any atom is -0.376 e. The topological polar surface area (TPSA) is 91.3 Å². The number of aliphatic hydroxyl groups is 1. The van der Waals surface area contributed by atoms with Crippen molar-refractivity contribution in [2.75, 3.05) is 20.1 Å². The molecule has 0 aliphatic heterocycles. The van der Waals surface area contributed by atoms with Crippen molar-refractivity contribution < 1.29 is 9.50 Å². The van der Waals surface area contributed by atoms with Crippen LogP contribution in [0.25, 0.3) is 10.2 Å². The van der Waals surface area contributed by atoms with Gasteiger partial charge in [-0.25, -0.2) is 8.70 Å². The third-order valence-electron chi connectivity index (χ3n) is 4.25. The van der Waals surface area contributed by atoms with E-state index in [9.17, 15) is 9.50 Å². The van der Waals surface area contributed by atoms with Gasteiger partial charge in [-0.3, -0.25) is 0 Å².